The Balaban J connectivity index is 2.29. The zero-order valence-electron chi connectivity index (χ0n) is 14.2. The Hall–Kier alpha value is -1.99. The predicted molar refractivity (Wildman–Crippen MR) is 98.1 cm³/mol. The predicted octanol–water partition coefficient (Wildman–Crippen LogP) is 4.11. The molecule has 1 aromatic carbocycles. The van der Waals surface area contributed by atoms with Gasteiger partial charge in [0.05, 0.1) is 18.1 Å². The summed E-state index contributed by atoms with van der Waals surface area (Å²) in [6, 6.07) is 7.52. The van der Waals surface area contributed by atoms with Crippen LogP contribution >= 0.6 is 11.6 Å². The van der Waals surface area contributed by atoms with Crippen LogP contribution in [0.2, 0.25) is 5.02 Å². The van der Waals surface area contributed by atoms with Gasteiger partial charge in [0.15, 0.2) is 11.5 Å². The first-order valence-corrected chi connectivity index (χ1v) is 9.86. The average Bonchev–Trinajstić information content (AvgIpc) is 2.58. The maximum absolute atomic E-state index is 12.6. The Bertz CT molecular complexity index is 812. The summed E-state index contributed by atoms with van der Waals surface area (Å²) in [5.74, 6) is 1.07. The first kappa shape index (κ1) is 19.3. The summed E-state index contributed by atoms with van der Waals surface area (Å²) in [7, 11) is -3.82. The van der Waals surface area contributed by atoms with Crippen LogP contribution in [0.25, 0.3) is 0 Å². The van der Waals surface area contributed by atoms with Crippen molar-refractivity contribution in [2.75, 3.05) is 17.9 Å². The molecule has 0 atom stereocenters. The molecule has 0 amide bonds. The Morgan fingerprint density at radius 2 is 1.72 bits per heavy atom. The zero-order valence-corrected chi connectivity index (χ0v) is 15.7. The smallest absolute Gasteiger partial charge is 0.263 e. The number of rotatable bonds is 9. The normalized spacial score (nSPS) is 11.2. The van der Waals surface area contributed by atoms with Gasteiger partial charge in [-0.1, -0.05) is 25.4 Å². The molecule has 0 unspecified atom stereocenters. The molecule has 0 bridgehead atoms. The Labute approximate surface area is 153 Å². The van der Waals surface area contributed by atoms with Gasteiger partial charge in [0.1, 0.15) is 5.82 Å². The van der Waals surface area contributed by atoms with Gasteiger partial charge in [-0.25, -0.2) is 13.4 Å². The van der Waals surface area contributed by atoms with E-state index >= 15 is 0 Å². The Morgan fingerprint density at radius 1 is 1.04 bits per heavy atom. The summed E-state index contributed by atoms with van der Waals surface area (Å²) in [4.78, 5) is 4.01. The maximum Gasteiger partial charge on any atom is 0.263 e. The van der Waals surface area contributed by atoms with Gasteiger partial charge >= 0.3 is 0 Å². The van der Waals surface area contributed by atoms with Crippen LogP contribution in [0, 0.1) is 0 Å². The van der Waals surface area contributed by atoms with Gasteiger partial charge in [-0.15, -0.1) is 0 Å². The summed E-state index contributed by atoms with van der Waals surface area (Å²) in [5.41, 5.74) is 0. The highest BCUT2D eigenvalue weighted by molar-refractivity contribution is 7.92. The van der Waals surface area contributed by atoms with Crippen LogP contribution in [0.3, 0.4) is 0 Å². The molecule has 1 aromatic heterocycles. The van der Waals surface area contributed by atoms with Crippen LogP contribution in [-0.2, 0) is 10.0 Å². The largest absolute Gasteiger partial charge is 0.490 e. The van der Waals surface area contributed by atoms with Gasteiger partial charge < -0.3 is 9.47 Å². The van der Waals surface area contributed by atoms with Crippen LogP contribution in [-0.4, -0.2) is 26.6 Å². The van der Waals surface area contributed by atoms with E-state index in [4.69, 9.17) is 21.1 Å². The topological polar surface area (TPSA) is 77.5 Å². The van der Waals surface area contributed by atoms with Crippen molar-refractivity contribution < 1.29 is 17.9 Å². The molecule has 6 nitrogen and oxygen atoms in total. The molecular weight excluding hydrogens is 364 g/mol. The fourth-order valence-electron chi connectivity index (χ4n) is 1.97. The van der Waals surface area contributed by atoms with E-state index in [1.807, 2.05) is 13.8 Å². The molecule has 136 valence electrons. The third-order valence-electron chi connectivity index (χ3n) is 3.11. The van der Waals surface area contributed by atoms with Crippen molar-refractivity contribution in [2.24, 2.45) is 0 Å². The molecule has 0 aliphatic heterocycles. The Kier molecular flexibility index (Phi) is 6.90. The number of pyridine rings is 1. The zero-order chi connectivity index (χ0) is 18.3. The molecule has 25 heavy (non-hydrogen) atoms. The second-order valence-corrected chi connectivity index (χ2v) is 7.39. The van der Waals surface area contributed by atoms with E-state index in [1.165, 1.54) is 24.4 Å². The standard InChI is InChI=1S/C17H21ClN2O4S/c1-3-9-23-15-6-5-14(12-16(15)24-10-4-2)25(21,22)20-17-11-13(18)7-8-19-17/h5-8,11-12H,3-4,9-10H2,1-2H3,(H,19,20). The third-order valence-corrected chi connectivity index (χ3v) is 4.70. The highest BCUT2D eigenvalue weighted by Crippen LogP contribution is 2.31. The van der Waals surface area contributed by atoms with Crippen molar-refractivity contribution in [1.82, 2.24) is 4.98 Å². The van der Waals surface area contributed by atoms with Crippen LogP contribution in [0.5, 0.6) is 11.5 Å². The molecule has 0 aliphatic carbocycles. The number of nitrogens with one attached hydrogen (secondary N) is 1. The van der Waals surface area contributed by atoms with Crippen molar-refractivity contribution in [3.05, 3.63) is 41.6 Å². The number of aromatic nitrogens is 1. The average molecular weight is 385 g/mol. The molecule has 0 radical (unpaired) electrons. The molecule has 0 saturated carbocycles. The van der Waals surface area contributed by atoms with Gasteiger partial charge in [-0.05, 0) is 31.0 Å². The fraction of sp³-hybridized carbons (Fsp3) is 0.353. The van der Waals surface area contributed by atoms with Crippen LogP contribution in [0.15, 0.2) is 41.4 Å². The van der Waals surface area contributed by atoms with E-state index in [1.54, 1.807) is 12.1 Å². The molecule has 8 heteroatoms. The summed E-state index contributed by atoms with van der Waals surface area (Å²) in [5, 5.41) is 0.392. The number of hydrogen-bond donors (Lipinski definition) is 1. The summed E-state index contributed by atoms with van der Waals surface area (Å²) >= 11 is 5.86. The molecular formula is C17H21ClN2O4S. The first-order valence-electron chi connectivity index (χ1n) is 8.00. The second kappa shape index (κ2) is 8.92. The molecule has 0 fully saturated rings. The van der Waals surface area contributed by atoms with Crippen molar-refractivity contribution in [2.45, 2.75) is 31.6 Å². The van der Waals surface area contributed by atoms with Crippen molar-refractivity contribution >= 4 is 27.4 Å². The maximum atomic E-state index is 12.6. The van der Waals surface area contributed by atoms with Gasteiger partial charge in [0, 0.05) is 23.4 Å². The lowest BCUT2D eigenvalue weighted by molar-refractivity contribution is 0.267. The molecule has 2 rings (SSSR count). The molecule has 1 heterocycles. The van der Waals surface area contributed by atoms with E-state index in [-0.39, 0.29) is 10.7 Å². The molecule has 1 N–H and O–H groups in total. The summed E-state index contributed by atoms with van der Waals surface area (Å²) in [6.45, 7) is 4.96. The number of ether oxygens (including phenoxy) is 2. The molecule has 0 spiro atoms. The molecule has 0 aliphatic rings. The summed E-state index contributed by atoms with van der Waals surface area (Å²) < 4.78 is 38.8. The first-order chi connectivity index (χ1) is 12.0. The highest BCUT2D eigenvalue weighted by atomic mass is 35.5. The SMILES string of the molecule is CCCOc1ccc(S(=O)(=O)Nc2cc(Cl)ccn2)cc1OCCC. The van der Waals surface area contributed by atoms with E-state index in [9.17, 15) is 8.42 Å². The minimum absolute atomic E-state index is 0.0595. The monoisotopic (exact) mass is 384 g/mol. The highest BCUT2D eigenvalue weighted by Gasteiger charge is 2.18. The van der Waals surface area contributed by atoms with E-state index in [0.717, 1.165) is 12.8 Å². The number of anilines is 1. The summed E-state index contributed by atoms with van der Waals surface area (Å²) in [6.07, 6.45) is 3.07. The van der Waals surface area contributed by atoms with Crippen LogP contribution < -0.4 is 14.2 Å². The number of halogens is 1. The lowest BCUT2D eigenvalue weighted by Gasteiger charge is -2.14. The van der Waals surface area contributed by atoms with E-state index in [2.05, 4.69) is 9.71 Å². The number of hydrogen-bond acceptors (Lipinski definition) is 5. The van der Waals surface area contributed by atoms with Crippen molar-refractivity contribution in [3.63, 3.8) is 0 Å². The van der Waals surface area contributed by atoms with Gasteiger partial charge in [0.25, 0.3) is 10.0 Å². The van der Waals surface area contributed by atoms with Crippen molar-refractivity contribution in [3.8, 4) is 11.5 Å². The number of benzene rings is 1. The van der Waals surface area contributed by atoms with Gasteiger partial charge in [-0.3, -0.25) is 4.72 Å². The van der Waals surface area contributed by atoms with Gasteiger partial charge in [-0.2, -0.15) is 0 Å². The lowest BCUT2D eigenvalue weighted by atomic mass is 10.3. The quantitative estimate of drug-likeness (QED) is 0.703. The second-order valence-electron chi connectivity index (χ2n) is 5.27. The lowest BCUT2D eigenvalue weighted by Crippen LogP contribution is -2.14. The van der Waals surface area contributed by atoms with Gasteiger partial charge in [0.2, 0.25) is 0 Å². The minimum atomic E-state index is -3.82. The van der Waals surface area contributed by atoms with Crippen molar-refractivity contribution in [1.29, 1.82) is 0 Å². The van der Waals surface area contributed by atoms with E-state index < -0.39 is 10.0 Å². The number of nitrogens with zero attached hydrogens (tertiary/aromatic N) is 1. The molecule has 2 aromatic rings. The van der Waals surface area contributed by atoms with Crippen LogP contribution in [0.4, 0.5) is 5.82 Å². The van der Waals surface area contributed by atoms with Crippen LogP contribution in [0.1, 0.15) is 26.7 Å². The minimum Gasteiger partial charge on any atom is -0.490 e. The fourth-order valence-corrected chi connectivity index (χ4v) is 3.14. The third kappa shape index (κ3) is 5.51. The molecule has 0 saturated heterocycles. The number of sulfonamides is 1. The van der Waals surface area contributed by atoms with E-state index in [0.29, 0.717) is 29.7 Å². The Morgan fingerprint density at radius 3 is 2.36 bits per heavy atom.